The Hall–Kier alpha value is -1.61. The molecule has 2 N–H and O–H groups in total. The van der Waals surface area contributed by atoms with Gasteiger partial charge in [-0.3, -0.25) is 0 Å². The van der Waals surface area contributed by atoms with E-state index in [1.54, 1.807) is 12.1 Å². The maximum absolute atomic E-state index is 13.5. The van der Waals surface area contributed by atoms with E-state index in [1.165, 1.54) is 11.6 Å². The zero-order chi connectivity index (χ0) is 12.3. The molecule has 0 saturated heterocycles. The molecular formula is C14H17FN2. The maximum atomic E-state index is 13.5. The van der Waals surface area contributed by atoms with Crippen LogP contribution in [0.5, 0.6) is 0 Å². The number of hydrogen-bond donors (Lipinski definition) is 1. The first-order valence-electron chi connectivity index (χ1n) is 5.79. The number of nitrogens with two attached hydrogens (primary N) is 1. The first kappa shape index (κ1) is 11.9. The van der Waals surface area contributed by atoms with E-state index >= 15 is 0 Å². The van der Waals surface area contributed by atoms with Crippen molar-refractivity contribution in [2.45, 2.75) is 25.9 Å². The Balaban J connectivity index is 2.09. The highest BCUT2D eigenvalue weighted by atomic mass is 19.1. The Morgan fingerprint density at radius 1 is 1.29 bits per heavy atom. The van der Waals surface area contributed by atoms with Gasteiger partial charge >= 0.3 is 0 Å². The van der Waals surface area contributed by atoms with Gasteiger partial charge in [-0.1, -0.05) is 18.2 Å². The SMILES string of the molecule is CC(N)Cc1ccn(Cc2ccccc2F)c1. The summed E-state index contributed by atoms with van der Waals surface area (Å²) < 4.78 is 15.4. The highest BCUT2D eigenvalue weighted by molar-refractivity contribution is 5.19. The first-order valence-corrected chi connectivity index (χ1v) is 5.79. The van der Waals surface area contributed by atoms with Crippen molar-refractivity contribution in [3.05, 3.63) is 59.7 Å². The molecule has 0 saturated carbocycles. The number of benzene rings is 1. The second kappa shape index (κ2) is 5.15. The molecule has 1 atom stereocenters. The quantitative estimate of drug-likeness (QED) is 0.863. The molecule has 0 aliphatic heterocycles. The van der Waals surface area contributed by atoms with Gasteiger partial charge in [0.2, 0.25) is 0 Å². The van der Waals surface area contributed by atoms with Gasteiger partial charge in [-0.2, -0.15) is 0 Å². The molecule has 17 heavy (non-hydrogen) atoms. The van der Waals surface area contributed by atoms with Crippen LogP contribution in [0.2, 0.25) is 0 Å². The van der Waals surface area contributed by atoms with Gasteiger partial charge in [-0.05, 0) is 31.0 Å². The molecule has 2 nitrogen and oxygen atoms in total. The fraction of sp³-hybridized carbons (Fsp3) is 0.286. The van der Waals surface area contributed by atoms with Gasteiger partial charge in [0, 0.05) is 30.5 Å². The highest BCUT2D eigenvalue weighted by Gasteiger charge is 2.03. The second-order valence-corrected chi connectivity index (χ2v) is 4.46. The van der Waals surface area contributed by atoms with Crippen molar-refractivity contribution in [3.63, 3.8) is 0 Å². The lowest BCUT2D eigenvalue weighted by molar-refractivity contribution is 0.599. The number of halogens is 1. The lowest BCUT2D eigenvalue weighted by Gasteiger charge is -2.05. The molecule has 0 aliphatic rings. The Morgan fingerprint density at radius 2 is 2.06 bits per heavy atom. The van der Waals surface area contributed by atoms with Crippen molar-refractivity contribution < 1.29 is 4.39 Å². The fourth-order valence-corrected chi connectivity index (χ4v) is 1.90. The lowest BCUT2D eigenvalue weighted by Crippen LogP contribution is -2.17. The summed E-state index contributed by atoms with van der Waals surface area (Å²) in [6, 6.07) is 9.03. The molecule has 1 aromatic carbocycles. The van der Waals surface area contributed by atoms with Gasteiger partial charge < -0.3 is 10.3 Å². The van der Waals surface area contributed by atoms with Gasteiger partial charge in [0.05, 0.1) is 0 Å². The average molecular weight is 232 g/mol. The van der Waals surface area contributed by atoms with Crippen molar-refractivity contribution in [1.82, 2.24) is 4.57 Å². The molecule has 0 spiro atoms. The van der Waals surface area contributed by atoms with E-state index < -0.39 is 0 Å². The van der Waals surface area contributed by atoms with E-state index in [4.69, 9.17) is 5.73 Å². The van der Waals surface area contributed by atoms with Gasteiger partial charge in [-0.25, -0.2) is 4.39 Å². The smallest absolute Gasteiger partial charge is 0.128 e. The third kappa shape index (κ3) is 3.17. The molecule has 2 aromatic rings. The van der Waals surface area contributed by atoms with E-state index in [0.717, 1.165) is 6.42 Å². The minimum Gasteiger partial charge on any atom is -0.350 e. The van der Waals surface area contributed by atoms with Gasteiger partial charge in [0.25, 0.3) is 0 Å². The highest BCUT2D eigenvalue weighted by Crippen LogP contribution is 2.11. The van der Waals surface area contributed by atoms with E-state index in [2.05, 4.69) is 0 Å². The summed E-state index contributed by atoms with van der Waals surface area (Å²) in [6.45, 7) is 2.54. The normalized spacial score (nSPS) is 12.6. The van der Waals surface area contributed by atoms with Crippen molar-refractivity contribution >= 4 is 0 Å². The van der Waals surface area contributed by atoms with Crippen LogP contribution in [0, 0.1) is 5.82 Å². The van der Waals surface area contributed by atoms with Crippen LogP contribution in [0.25, 0.3) is 0 Å². The van der Waals surface area contributed by atoms with Crippen LogP contribution >= 0.6 is 0 Å². The summed E-state index contributed by atoms with van der Waals surface area (Å²) in [5, 5.41) is 0. The van der Waals surface area contributed by atoms with Gasteiger partial charge in [0.1, 0.15) is 5.82 Å². The first-order chi connectivity index (χ1) is 8.15. The molecule has 0 bridgehead atoms. The van der Waals surface area contributed by atoms with Gasteiger partial charge in [0.15, 0.2) is 0 Å². The van der Waals surface area contributed by atoms with E-state index in [0.29, 0.717) is 12.1 Å². The second-order valence-electron chi connectivity index (χ2n) is 4.46. The van der Waals surface area contributed by atoms with Crippen molar-refractivity contribution in [2.24, 2.45) is 5.73 Å². The molecule has 0 aliphatic carbocycles. The molecule has 2 rings (SSSR count). The minimum absolute atomic E-state index is 0.152. The minimum atomic E-state index is -0.157. The summed E-state index contributed by atoms with van der Waals surface area (Å²) in [5.41, 5.74) is 7.64. The molecule has 90 valence electrons. The Kier molecular flexibility index (Phi) is 3.59. The molecule has 1 aromatic heterocycles. The molecule has 3 heteroatoms. The Labute approximate surface area is 101 Å². The van der Waals surface area contributed by atoms with Gasteiger partial charge in [-0.15, -0.1) is 0 Å². The van der Waals surface area contributed by atoms with Crippen LogP contribution < -0.4 is 5.73 Å². The average Bonchev–Trinajstić information content (AvgIpc) is 2.68. The summed E-state index contributed by atoms with van der Waals surface area (Å²) in [6.07, 6.45) is 4.84. The number of hydrogen-bond acceptors (Lipinski definition) is 1. The predicted octanol–water partition coefficient (Wildman–Crippen LogP) is 2.57. The molecular weight excluding hydrogens is 215 g/mol. The summed E-state index contributed by atoms with van der Waals surface area (Å²) in [7, 11) is 0. The third-order valence-corrected chi connectivity index (χ3v) is 2.68. The third-order valence-electron chi connectivity index (χ3n) is 2.68. The predicted molar refractivity (Wildman–Crippen MR) is 67.3 cm³/mol. The Morgan fingerprint density at radius 3 is 2.76 bits per heavy atom. The summed E-state index contributed by atoms with van der Waals surface area (Å²) in [4.78, 5) is 0. The van der Waals surface area contributed by atoms with Crippen LogP contribution in [-0.2, 0) is 13.0 Å². The van der Waals surface area contributed by atoms with E-state index in [9.17, 15) is 4.39 Å². The molecule has 0 radical (unpaired) electrons. The topological polar surface area (TPSA) is 30.9 Å². The number of nitrogens with zero attached hydrogens (tertiary/aromatic N) is 1. The summed E-state index contributed by atoms with van der Waals surface area (Å²) in [5.74, 6) is -0.157. The standard InChI is InChI=1S/C14H17FN2/c1-11(16)8-12-6-7-17(9-12)10-13-4-2-3-5-14(13)15/h2-7,9,11H,8,10,16H2,1H3. The monoisotopic (exact) mass is 232 g/mol. The van der Waals surface area contributed by atoms with Crippen molar-refractivity contribution in [3.8, 4) is 0 Å². The van der Waals surface area contributed by atoms with Crippen LogP contribution in [0.4, 0.5) is 4.39 Å². The molecule has 1 unspecified atom stereocenters. The number of aromatic nitrogens is 1. The van der Waals surface area contributed by atoms with E-state index in [-0.39, 0.29) is 11.9 Å². The van der Waals surface area contributed by atoms with E-state index in [1.807, 2.05) is 36.0 Å². The largest absolute Gasteiger partial charge is 0.350 e. The molecule has 1 heterocycles. The van der Waals surface area contributed by atoms with Crippen LogP contribution in [-0.4, -0.2) is 10.6 Å². The summed E-state index contributed by atoms with van der Waals surface area (Å²) >= 11 is 0. The van der Waals surface area contributed by atoms with Crippen molar-refractivity contribution in [1.29, 1.82) is 0 Å². The zero-order valence-electron chi connectivity index (χ0n) is 9.94. The van der Waals surface area contributed by atoms with Crippen molar-refractivity contribution in [2.75, 3.05) is 0 Å². The van der Waals surface area contributed by atoms with Crippen LogP contribution in [0.3, 0.4) is 0 Å². The Bertz CT molecular complexity index is 488. The van der Waals surface area contributed by atoms with Crippen LogP contribution in [0.15, 0.2) is 42.7 Å². The fourth-order valence-electron chi connectivity index (χ4n) is 1.90. The lowest BCUT2D eigenvalue weighted by atomic mass is 10.1. The number of rotatable bonds is 4. The molecule has 0 fully saturated rings. The van der Waals surface area contributed by atoms with Crippen LogP contribution in [0.1, 0.15) is 18.1 Å². The molecule has 0 amide bonds. The maximum Gasteiger partial charge on any atom is 0.128 e. The zero-order valence-corrected chi connectivity index (χ0v) is 9.94.